The summed E-state index contributed by atoms with van der Waals surface area (Å²) in [6, 6.07) is -0.520. The number of carboxylic acids is 1. The third-order valence-corrected chi connectivity index (χ3v) is 2.98. The smallest absolute Gasteiger partial charge is 0.303 e. The molecule has 98 valence electrons. The van der Waals surface area contributed by atoms with Gasteiger partial charge in [-0.3, -0.25) is 14.3 Å². The van der Waals surface area contributed by atoms with E-state index in [4.69, 9.17) is 5.11 Å². The molecule has 0 saturated carbocycles. The van der Waals surface area contributed by atoms with Gasteiger partial charge in [-0.05, 0) is 12.8 Å². The maximum Gasteiger partial charge on any atom is 0.303 e. The van der Waals surface area contributed by atoms with Crippen molar-refractivity contribution in [1.29, 1.82) is 0 Å². The van der Waals surface area contributed by atoms with Crippen LogP contribution in [0.5, 0.6) is 0 Å². The second-order valence-electron chi connectivity index (χ2n) is 4.27. The van der Waals surface area contributed by atoms with E-state index in [-0.39, 0.29) is 18.7 Å². The number of nitrogens with one attached hydrogen (secondary N) is 2. The van der Waals surface area contributed by atoms with E-state index in [1.54, 1.807) is 11.7 Å². The van der Waals surface area contributed by atoms with Crippen molar-refractivity contribution in [3.8, 4) is 0 Å². The van der Waals surface area contributed by atoms with Crippen molar-refractivity contribution in [1.82, 2.24) is 9.78 Å². The number of hydrogen-bond acceptors (Lipinski definition) is 4. The molecule has 0 radical (unpaired) electrons. The molecule has 1 amide bonds. The lowest BCUT2D eigenvalue weighted by Gasteiger charge is -2.24. The van der Waals surface area contributed by atoms with Gasteiger partial charge in [0.2, 0.25) is 5.91 Å². The van der Waals surface area contributed by atoms with Gasteiger partial charge >= 0.3 is 5.97 Å². The van der Waals surface area contributed by atoms with Crippen LogP contribution in [0.4, 0.5) is 11.5 Å². The van der Waals surface area contributed by atoms with Gasteiger partial charge in [0.1, 0.15) is 17.5 Å². The molecule has 2 heterocycles. The van der Waals surface area contributed by atoms with Crippen LogP contribution in [0, 0.1) is 0 Å². The second kappa shape index (κ2) is 4.67. The van der Waals surface area contributed by atoms with E-state index in [0.29, 0.717) is 5.69 Å². The maximum absolute atomic E-state index is 11.8. The van der Waals surface area contributed by atoms with Gasteiger partial charge in [0.25, 0.3) is 0 Å². The molecule has 0 saturated heterocycles. The van der Waals surface area contributed by atoms with Crippen molar-refractivity contribution in [3.63, 3.8) is 0 Å². The maximum atomic E-state index is 11.8. The molecular formula is C11H16N4O3. The fraction of sp³-hybridized carbons (Fsp3) is 0.545. The summed E-state index contributed by atoms with van der Waals surface area (Å²) in [7, 11) is 1.79. The average Bonchev–Trinajstić information content (AvgIpc) is 2.62. The average molecular weight is 252 g/mol. The summed E-state index contributed by atoms with van der Waals surface area (Å²) in [6.07, 6.45) is 0.942. The molecule has 2 rings (SSSR count). The van der Waals surface area contributed by atoms with Crippen LogP contribution in [0.25, 0.3) is 0 Å². The number of amides is 1. The Morgan fingerprint density at radius 2 is 2.28 bits per heavy atom. The van der Waals surface area contributed by atoms with Gasteiger partial charge in [0, 0.05) is 13.5 Å². The molecule has 1 unspecified atom stereocenters. The number of aromatic nitrogens is 2. The first-order chi connectivity index (χ1) is 8.52. The highest BCUT2D eigenvalue weighted by molar-refractivity contribution is 6.03. The minimum atomic E-state index is -0.908. The minimum Gasteiger partial charge on any atom is -0.481 e. The van der Waals surface area contributed by atoms with Crippen molar-refractivity contribution in [3.05, 3.63) is 5.69 Å². The molecule has 0 bridgehead atoms. The first-order valence-electron chi connectivity index (χ1n) is 5.88. The van der Waals surface area contributed by atoms with Gasteiger partial charge in [-0.1, -0.05) is 6.92 Å². The van der Waals surface area contributed by atoms with E-state index >= 15 is 0 Å². The molecule has 0 spiro atoms. The van der Waals surface area contributed by atoms with Crippen LogP contribution in [0.3, 0.4) is 0 Å². The van der Waals surface area contributed by atoms with Crippen LogP contribution < -0.4 is 10.6 Å². The fourth-order valence-corrected chi connectivity index (χ4v) is 2.04. The fourth-order valence-electron chi connectivity index (χ4n) is 2.04. The number of nitrogens with zero attached hydrogens (tertiary/aromatic N) is 2. The number of rotatable bonds is 4. The second-order valence-corrected chi connectivity index (χ2v) is 4.27. The number of carboxylic acid groups (broad SMARTS) is 1. The molecule has 7 nitrogen and oxygen atoms in total. The summed E-state index contributed by atoms with van der Waals surface area (Å²) in [4.78, 5) is 22.4. The Kier molecular flexibility index (Phi) is 3.22. The summed E-state index contributed by atoms with van der Waals surface area (Å²) < 4.78 is 1.67. The van der Waals surface area contributed by atoms with Gasteiger partial charge in [-0.2, -0.15) is 5.10 Å². The molecular weight excluding hydrogens is 236 g/mol. The predicted octanol–water partition coefficient (Wildman–Crippen LogP) is 0.580. The Labute approximate surface area is 104 Å². The first kappa shape index (κ1) is 12.4. The van der Waals surface area contributed by atoms with Crippen molar-refractivity contribution in [2.45, 2.75) is 32.2 Å². The lowest BCUT2D eigenvalue weighted by Crippen LogP contribution is -2.39. The highest BCUT2D eigenvalue weighted by Crippen LogP contribution is 2.30. The molecule has 0 aliphatic carbocycles. The van der Waals surface area contributed by atoms with Crippen molar-refractivity contribution in [2.24, 2.45) is 7.05 Å². The molecule has 18 heavy (non-hydrogen) atoms. The largest absolute Gasteiger partial charge is 0.481 e. The van der Waals surface area contributed by atoms with Gasteiger partial charge in [0.05, 0.1) is 5.69 Å². The number of hydrogen-bond donors (Lipinski definition) is 3. The van der Waals surface area contributed by atoms with Gasteiger partial charge in [0.15, 0.2) is 0 Å². The van der Waals surface area contributed by atoms with E-state index < -0.39 is 12.0 Å². The predicted molar refractivity (Wildman–Crippen MR) is 65.5 cm³/mol. The third kappa shape index (κ3) is 2.15. The van der Waals surface area contributed by atoms with Crippen molar-refractivity contribution in [2.75, 3.05) is 10.6 Å². The van der Waals surface area contributed by atoms with Crippen LogP contribution in [0.2, 0.25) is 0 Å². The van der Waals surface area contributed by atoms with Crippen LogP contribution in [0.15, 0.2) is 0 Å². The number of carbonyl (C=O) groups excluding carboxylic acids is 1. The molecule has 1 atom stereocenters. The summed E-state index contributed by atoms with van der Waals surface area (Å²) in [5.74, 6) is -0.372. The SMILES string of the molecule is CCc1nn(C)c2c1NC(=O)C(CCC(=O)O)N2. The van der Waals surface area contributed by atoms with Crippen LogP contribution in [0.1, 0.15) is 25.5 Å². The topological polar surface area (TPSA) is 96.2 Å². The highest BCUT2D eigenvalue weighted by atomic mass is 16.4. The Balaban J connectivity index is 2.19. The summed E-state index contributed by atoms with van der Waals surface area (Å²) in [5, 5.41) is 18.8. The van der Waals surface area contributed by atoms with Crippen molar-refractivity contribution < 1.29 is 14.7 Å². The van der Waals surface area contributed by atoms with Crippen LogP contribution in [-0.4, -0.2) is 32.8 Å². The molecule has 1 aliphatic rings. The number of fused-ring (bicyclic) bond motifs is 1. The summed E-state index contributed by atoms with van der Waals surface area (Å²) >= 11 is 0. The van der Waals surface area contributed by atoms with E-state index in [2.05, 4.69) is 15.7 Å². The van der Waals surface area contributed by atoms with E-state index in [9.17, 15) is 9.59 Å². The number of carbonyl (C=O) groups is 2. The van der Waals surface area contributed by atoms with Crippen LogP contribution in [-0.2, 0) is 23.1 Å². The Morgan fingerprint density at radius 3 is 2.89 bits per heavy atom. The van der Waals surface area contributed by atoms with E-state index in [1.165, 1.54) is 0 Å². The minimum absolute atomic E-state index is 0.0428. The lowest BCUT2D eigenvalue weighted by atomic mass is 10.1. The quantitative estimate of drug-likeness (QED) is 0.728. The summed E-state index contributed by atoms with van der Waals surface area (Å²) in [6.45, 7) is 1.96. The molecule has 3 N–H and O–H groups in total. The Hall–Kier alpha value is -2.05. The number of aryl methyl sites for hydroxylation is 2. The molecule has 1 aromatic heterocycles. The van der Waals surface area contributed by atoms with Gasteiger partial charge in [-0.15, -0.1) is 0 Å². The summed E-state index contributed by atoms with van der Waals surface area (Å²) in [5.41, 5.74) is 1.53. The van der Waals surface area contributed by atoms with E-state index in [1.807, 2.05) is 6.92 Å². The molecule has 0 aromatic carbocycles. The standard InChI is InChI=1S/C11H16N4O3/c1-3-6-9-10(15(2)14-6)12-7(11(18)13-9)4-5-8(16)17/h7,12H,3-5H2,1-2H3,(H,13,18)(H,16,17). The number of anilines is 2. The zero-order valence-electron chi connectivity index (χ0n) is 10.4. The lowest BCUT2D eigenvalue weighted by molar-refractivity contribution is -0.137. The highest BCUT2D eigenvalue weighted by Gasteiger charge is 2.30. The zero-order chi connectivity index (χ0) is 13.3. The normalized spacial score (nSPS) is 17.9. The molecule has 1 aromatic rings. The van der Waals surface area contributed by atoms with Gasteiger partial charge < -0.3 is 15.7 Å². The van der Waals surface area contributed by atoms with Gasteiger partial charge in [-0.25, -0.2) is 0 Å². The third-order valence-electron chi connectivity index (χ3n) is 2.98. The van der Waals surface area contributed by atoms with Crippen molar-refractivity contribution >= 4 is 23.4 Å². The van der Waals surface area contributed by atoms with Crippen LogP contribution >= 0.6 is 0 Å². The first-order valence-corrected chi connectivity index (χ1v) is 5.88. The van der Waals surface area contributed by atoms with E-state index in [0.717, 1.165) is 17.9 Å². The Bertz CT molecular complexity index is 495. The molecule has 1 aliphatic heterocycles. The molecule has 7 heteroatoms. The number of aliphatic carboxylic acids is 1. The monoisotopic (exact) mass is 252 g/mol. The zero-order valence-corrected chi connectivity index (χ0v) is 10.4. The Morgan fingerprint density at radius 1 is 1.56 bits per heavy atom. The molecule has 0 fully saturated rings.